The van der Waals surface area contributed by atoms with E-state index < -0.39 is 0 Å². The van der Waals surface area contributed by atoms with Crippen molar-refractivity contribution in [3.8, 4) is 0 Å². The minimum absolute atomic E-state index is 0.0872. The minimum atomic E-state index is -0.324. The maximum atomic E-state index is 11.0. The molecule has 2 aliphatic rings. The fraction of sp³-hybridized carbons (Fsp3) is 0.462. The number of alkyl carbamates (subject to hydrolysis) is 1. The summed E-state index contributed by atoms with van der Waals surface area (Å²) in [5.74, 6) is 0. The van der Waals surface area contributed by atoms with Gasteiger partial charge in [0.25, 0.3) is 0 Å². The number of anilines is 1. The molecule has 0 saturated carbocycles. The van der Waals surface area contributed by atoms with Crippen molar-refractivity contribution in [1.29, 1.82) is 0 Å². The van der Waals surface area contributed by atoms with E-state index in [1.165, 1.54) is 11.3 Å². The molecule has 0 aromatic heterocycles. The van der Waals surface area contributed by atoms with E-state index in [0.29, 0.717) is 13.1 Å². The van der Waals surface area contributed by atoms with Gasteiger partial charge in [0.1, 0.15) is 6.10 Å². The Kier molecular flexibility index (Phi) is 2.83. The summed E-state index contributed by atoms with van der Waals surface area (Å²) in [6.45, 7) is 2.08. The van der Waals surface area contributed by atoms with Crippen LogP contribution in [0.15, 0.2) is 24.3 Å². The molecule has 5 heteroatoms. The lowest BCUT2D eigenvalue weighted by molar-refractivity contribution is 0.142. The topological polar surface area (TPSA) is 67.6 Å². The van der Waals surface area contributed by atoms with Crippen molar-refractivity contribution in [1.82, 2.24) is 5.32 Å². The third-order valence-electron chi connectivity index (χ3n) is 3.44. The molecule has 1 fully saturated rings. The Morgan fingerprint density at radius 1 is 1.44 bits per heavy atom. The quantitative estimate of drug-likeness (QED) is 0.798. The van der Waals surface area contributed by atoms with Crippen LogP contribution in [0, 0.1) is 0 Å². The van der Waals surface area contributed by atoms with Crippen molar-refractivity contribution in [2.45, 2.75) is 18.6 Å². The average Bonchev–Trinajstić information content (AvgIpc) is 2.74. The first kappa shape index (κ1) is 11.3. The maximum absolute atomic E-state index is 11.0. The fourth-order valence-electron chi connectivity index (χ4n) is 2.67. The second-order valence-electron chi connectivity index (χ2n) is 4.91. The van der Waals surface area contributed by atoms with Crippen molar-refractivity contribution < 1.29 is 9.53 Å². The van der Waals surface area contributed by atoms with Gasteiger partial charge in [-0.3, -0.25) is 0 Å². The summed E-state index contributed by atoms with van der Waals surface area (Å²) in [4.78, 5) is 13.2. The minimum Gasteiger partial charge on any atom is -0.442 e. The summed E-state index contributed by atoms with van der Waals surface area (Å²) in [5.41, 5.74) is 8.56. The second kappa shape index (κ2) is 4.49. The summed E-state index contributed by atoms with van der Waals surface area (Å²) >= 11 is 0. The highest BCUT2D eigenvalue weighted by molar-refractivity contribution is 5.69. The molecule has 1 aromatic carbocycles. The molecule has 0 bridgehead atoms. The molecule has 0 spiro atoms. The van der Waals surface area contributed by atoms with Crippen molar-refractivity contribution in [2.24, 2.45) is 5.73 Å². The monoisotopic (exact) mass is 247 g/mol. The van der Waals surface area contributed by atoms with E-state index in [4.69, 9.17) is 10.5 Å². The number of nitrogens with one attached hydrogen (secondary N) is 1. The van der Waals surface area contributed by atoms with Crippen molar-refractivity contribution in [2.75, 3.05) is 24.5 Å². The standard InChI is InChI=1S/C13H17N3O2/c14-10-5-9-3-1-2-4-12(9)16(7-10)8-11-6-15-13(17)18-11/h1-4,10-11H,5-8,14H2,(H,15,17). The van der Waals surface area contributed by atoms with Crippen molar-refractivity contribution >= 4 is 11.8 Å². The predicted molar refractivity (Wildman–Crippen MR) is 68.6 cm³/mol. The molecule has 18 heavy (non-hydrogen) atoms. The SMILES string of the molecule is NC1Cc2ccccc2N(CC2CNC(=O)O2)C1. The molecule has 96 valence electrons. The van der Waals surface area contributed by atoms with Gasteiger partial charge in [-0.05, 0) is 18.1 Å². The van der Waals surface area contributed by atoms with E-state index >= 15 is 0 Å². The van der Waals surface area contributed by atoms with Gasteiger partial charge in [-0.2, -0.15) is 0 Å². The lowest BCUT2D eigenvalue weighted by Crippen LogP contribution is -2.46. The zero-order valence-corrected chi connectivity index (χ0v) is 10.1. The van der Waals surface area contributed by atoms with E-state index in [9.17, 15) is 4.79 Å². The number of nitrogens with two attached hydrogens (primary N) is 1. The molecule has 2 atom stereocenters. The highest BCUT2D eigenvalue weighted by Crippen LogP contribution is 2.26. The lowest BCUT2D eigenvalue weighted by Gasteiger charge is -2.35. The maximum Gasteiger partial charge on any atom is 0.407 e. The van der Waals surface area contributed by atoms with E-state index in [1.54, 1.807) is 0 Å². The van der Waals surface area contributed by atoms with Gasteiger partial charge >= 0.3 is 6.09 Å². The average molecular weight is 247 g/mol. The summed E-state index contributed by atoms with van der Waals surface area (Å²) in [7, 11) is 0. The Balaban J connectivity index is 1.78. The van der Waals surface area contributed by atoms with Gasteiger partial charge in [-0.25, -0.2) is 4.79 Å². The van der Waals surface area contributed by atoms with E-state index in [1.807, 2.05) is 12.1 Å². The molecule has 5 nitrogen and oxygen atoms in total. The zero-order valence-electron chi connectivity index (χ0n) is 10.1. The van der Waals surface area contributed by atoms with Gasteiger partial charge in [0, 0.05) is 18.3 Å². The smallest absolute Gasteiger partial charge is 0.407 e. The number of ether oxygens (including phenoxy) is 1. The van der Waals surface area contributed by atoms with Crippen LogP contribution in [-0.2, 0) is 11.2 Å². The number of hydrogen-bond donors (Lipinski definition) is 2. The second-order valence-corrected chi connectivity index (χ2v) is 4.91. The number of cyclic esters (lactones) is 1. The third-order valence-corrected chi connectivity index (χ3v) is 3.44. The number of carbonyl (C=O) groups is 1. The van der Waals surface area contributed by atoms with Crippen LogP contribution in [0.3, 0.4) is 0 Å². The zero-order chi connectivity index (χ0) is 12.5. The number of amides is 1. The van der Waals surface area contributed by atoms with E-state index in [0.717, 1.165) is 13.0 Å². The van der Waals surface area contributed by atoms with Gasteiger partial charge in [0.05, 0.1) is 13.1 Å². The Hall–Kier alpha value is -1.75. The molecule has 2 heterocycles. The van der Waals surface area contributed by atoms with Gasteiger partial charge in [0.2, 0.25) is 0 Å². The Labute approximate surface area is 106 Å². The number of nitrogens with zero attached hydrogens (tertiary/aromatic N) is 1. The van der Waals surface area contributed by atoms with Crippen LogP contribution in [0.2, 0.25) is 0 Å². The van der Waals surface area contributed by atoms with E-state index in [2.05, 4.69) is 22.3 Å². The molecule has 1 amide bonds. The summed E-state index contributed by atoms with van der Waals surface area (Å²) in [6.07, 6.45) is 0.500. The molecular weight excluding hydrogens is 230 g/mol. The first-order chi connectivity index (χ1) is 8.72. The van der Waals surface area contributed by atoms with Crippen LogP contribution in [-0.4, -0.2) is 37.9 Å². The van der Waals surface area contributed by atoms with Crippen LogP contribution in [0.1, 0.15) is 5.56 Å². The number of hydrogen-bond acceptors (Lipinski definition) is 4. The third kappa shape index (κ3) is 2.13. The van der Waals surface area contributed by atoms with Gasteiger partial charge < -0.3 is 20.7 Å². The Morgan fingerprint density at radius 2 is 2.28 bits per heavy atom. The van der Waals surface area contributed by atoms with Gasteiger partial charge in [0.15, 0.2) is 0 Å². The molecular formula is C13H17N3O2. The molecule has 1 saturated heterocycles. The number of para-hydroxylation sites is 1. The van der Waals surface area contributed by atoms with Gasteiger partial charge in [-0.15, -0.1) is 0 Å². The first-order valence-electron chi connectivity index (χ1n) is 6.25. The number of rotatable bonds is 2. The fourth-order valence-corrected chi connectivity index (χ4v) is 2.67. The number of fused-ring (bicyclic) bond motifs is 1. The van der Waals surface area contributed by atoms with Gasteiger partial charge in [-0.1, -0.05) is 18.2 Å². The van der Waals surface area contributed by atoms with Crippen LogP contribution in [0.4, 0.5) is 10.5 Å². The predicted octanol–water partition coefficient (Wildman–Crippen LogP) is 0.485. The normalized spacial score (nSPS) is 26.5. The first-order valence-corrected chi connectivity index (χ1v) is 6.25. The lowest BCUT2D eigenvalue weighted by atomic mass is 9.98. The molecule has 3 N–H and O–H groups in total. The van der Waals surface area contributed by atoms with Crippen molar-refractivity contribution in [3.63, 3.8) is 0 Å². The Bertz CT molecular complexity index is 463. The summed E-state index contributed by atoms with van der Waals surface area (Å²) < 4.78 is 5.18. The molecule has 2 aliphatic heterocycles. The highest BCUT2D eigenvalue weighted by Gasteiger charge is 2.28. The summed E-state index contributed by atoms with van der Waals surface area (Å²) in [5, 5.41) is 2.68. The van der Waals surface area contributed by atoms with Crippen molar-refractivity contribution in [3.05, 3.63) is 29.8 Å². The van der Waals surface area contributed by atoms with Crippen LogP contribution in [0.5, 0.6) is 0 Å². The molecule has 0 radical (unpaired) electrons. The molecule has 2 unspecified atom stereocenters. The van der Waals surface area contributed by atoms with E-state index in [-0.39, 0.29) is 18.2 Å². The van der Waals surface area contributed by atoms with Crippen LogP contribution in [0.25, 0.3) is 0 Å². The molecule has 0 aliphatic carbocycles. The largest absolute Gasteiger partial charge is 0.442 e. The Morgan fingerprint density at radius 3 is 3.06 bits per heavy atom. The van der Waals surface area contributed by atoms with Crippen LogP contribution < -0.4 is 16.0 Å². The highest BCUT2D eigenvalue weighted by atomic mass is 16.6. The molecule has 1 aromatic rings. The van der Waals surface area contributed by atoms with Crippen LogP contribution >= 0.6 is 0 Å². The molecule has 3 rings (SSSR count). The number of carbonyl (C=O) groups excluding carboxylic acids is 1. The summed E-state index contributed by atoms with van der Waals surface area (Å²) in [6, 6.07) is 8.42. The number of benzene rings is 1.